The van der Waals surface area contributed by atoms with E-state index in [1.807, 2.05) is 38.1 Å². The van der Waals surface area contributed by atoms with Crippen LogP contribution in [0.1, 0.15) is 67.1 Å². The summed E-state index contributed by atoms with van der Waals surface area (Å²) >= 11 is 0. The van der Waals surface area contributed by atoms with Gasteiger partial charge in [0.2, 0.25) is 5.91 Å². The zero-order valence-corrected chi connectivity index (χ0v) is 18.5. The van der Waals surface area contributed by atoms with Gasteiger partial charge in [-0.3, -0.25) is 19.5 Å². The Kier molecular flexibility index (Phi) is 6.12. The van der Waals surface area contributed by atoms with Crippen molar-refractivity contribution < 1.29 is 14.3 Å². The van der Waals surface area contributed by atoms with Crippen LogP contribution in [0, 0.1) is 0 Å². The number of fused-ring (bicyclic) bond motifs is 1. The highest BCUT2D eigenvalue weighted by Gasteiger charge is 2.37. The fraction of sp³-hybridized carbons (Fsp3) is 0.417. The van der Waals surface area contributed by atoms with Crippen LogP contribution < -0.4 is 15.8 Å². The molecule has 0 saturated heterocycles. The highest BCUT2D eigenvalue weighted by molar-refractivity contribution is 5.99. The SMILES string of the molecule is CCC1(CC)CC(=O)N(Cc2cncc(C(=O)N[C@H]3CCOc4ccccc43)c2)C(N)=N1. The van der Waals surface area contributed by atoms with Crippen molar-refractivity contribution in [3.8, 4) is 5.75 Å². The Morgan fingerprint density at radius 2 is 2.06 bits per heavy atom. The Balaban J connectivity index is 1.49. The summed E-state index contributed by atoms with van der Waals surface area (Å²) in [6.07, 6.45) is 5.72. The number of aliphatic imine (C=N–C) groups is 1. The Labute approximate surface area is 187 Å². The van der Waals surface area contributed by atoms with Crippen molar-refractivity contribution in [3.05, 3.63) is 59.4 Å². The van der Waals surface area contributed by atoms with E-state index in [0.29, 0.717) is 25.0 Å². The van der Waals surface area contributed by atoms with E-state index in [-0.39, 0.29) is 30.4 Å². The fourth-order valence-electron chi connectivity index (χ4n) is 4.29. The van der Waals surface area contributed by atoms with Crippen molar-refractivity contribution in [2.45, 2.75) is 57.7 Å². The lowest BCUT2D eigenvalue weighted by Gasteiger charge is -2.36. The number of amides is 2. The van der Waals surface area contributed by atoms with E-state index in [2.05, 4.69) is 15.3 Å². The summed E-state index contributed by atoms with van der Waals surface area (Å²) in [5.74, 6) is 0.738. The van der Waals surface area contributed by atoms with E-state index in [0.717, 1.165) is 29.7 Å². The van der Waals surface area contributed by atoms with E-state index in [9.17, 15) is 9.59 Å². The van der Waals surface area contributed by atoms with Crippen molar-refractivity contribution in [3.63, 3.8) is 0 Å². The number of hydrogen-bond acceptors (Lipinski definition) is 6. The van der Waals surface area contributed by atoms with Gasteiger partial charge in [0.05, 0.1) is 36.7 Å². The van der Waals surface area contributed by atoms with Crippen molar-refractivity contribution in [1.82, 2.24) is 15.2 Å². The molecule has 2 aliphatic rings. The predicted octanol–water partition coefficient (Wildman–Crippen LogP) is 2.94. The number of carbonyl (C=O) groups excluding carboxylic acids is 2. The monoisotopic (exact) mass is 435 g/mol. The maximum atomic E-state index is 12.9. The molecule has 0 unspecified atom stereocenters. The van der Waals surface area contributed by atoms with Crippen LogP contribution in [0.15, 0.2) is 47.7 Å². The molecule has 8 heteroatoms. The van der Waals surface area contributed by atoms with Gasteiger partial charge in [0, 0.05) is 24.4 Å². The highest BCUT2D eigenvalue weighted by atomic mass is 16.5. The van der Waals surface area contributed by atoms with Crippen molar-refractivity contribution in [2.24, 2.45) is 10.7 Å². The molecule has 0 aliphatic carbocycles. The first-order valence-corrected chi connectivity index (χ1v) is 11.1. The minimum absolute atomic E-state index is 0.0603. The molecule has 2 aliphatic heterocycles. The van der Waals surface area contributed by atoms with E-state index in [4.69, 9.17) is 10.5 Å². The molecule has 1 atom stereocenters. The van der Waals surface area contributed by atoms with Gasteiger partial charge in [0.1, 0.15) is 5.75 Å². The lowest BCUT2D eigenvalue weighted by atomic mass is 9.88. The third kappa shape index (κ3) is 4.30. The number of aromatic nitrogens is 1. The maximum absolute atomic E-state index is 12.9. The second-order valence-electron chi connectivity index (χ2n) is 8.34. The third-order valence-corrected chi connectivity index (χ3v) is 6.39. The van der Waals surface area contributed by atoms with Crippen LogP contribution in [0.25, 0.3) is 0 Å². The van der Waals surface area contributed by atoms with Gasteiger partial charge in [0.25, 0.3) is 5.91 Å². The fourth-order valence-corrected chi connectivity index (χ4v) is 4.29. The molecule has 168 valence electrons. The molecule has 0 spiro atoms. The number of para-hydroxylation sites is 1. The van der Waals surface area contributed by atoms with Gasteiger partial charge < -0.3 is 15.8 Å². The van der Waals surface area contributed by atoms with E-state index >= 15 is 0 Å². The number of guanidine groups is 1. The van der Waals surface area contributed by atoms with Gasteiger partial charge in [-0.2, -0.15) is 0 Å². The first-order chi connectivity index (χ1) is 15.4. The van der Waals surface area contributed by atoms with Gasteiger partial charge in [-0.05, 0) is 30.5 Å². The van der Waals surface area contributed by atoms with Crippen molar-refractivity contribution in [2.75, 3.05) is 6.61 Å². The lowest BCUT2D eigenvalue weighted by Crippen LogP contribution is -2.50. The molecule has 0 bridgehead atoms. The highest BCUT2D eigenvalue weighted by Crippen LogP contribution is 2.32. The molecule has 1 aromatic carbocycles. The molecule has 2 amide bonds. The lowest BCUT2D eigenvalue weighted by molar-refractivity contribution is -0.130. The number of nitrogens with one attached hydrogen (secondary N) is 1. The normalized spacial score (nSPS) is 19.6. The molecule has 8 nitrogen and oxygen atoms in total. The molecule has 3 heterocycles. The standard InChI is InChI=1S/C24H29N5O3/c1-3-24(4-2)12-21(30)29(23(25)28-24)15-16-11-17(14-26-13-16)22(31)27-19-9-10-32-20-8-6-5-7-18(19)20/h5-8,11,13-14,19H,3-4,9-10,12,15H2,1-2H3,(H2,25,28)(H,27,31)/t19-/m0/s1. The first kappa shape index (κ1) is 21.8. The average Bonchev–Trinajstić information content (AvgIpc) is 2.81. The minimum Gasteiger partial charge on any atom is -0.493 e. The number of nitrogens with zero attached hydrogens (tertiary/aromatic N) is 3. The first-order valence-electron chi connectivity index (χ1n) is 11.1. The number of carbonyl (C=O) groups is 2. The van der Waals surface area contributed by atoms with Gasteiger partial charge in [-0.1, -0.05) is 32.0 Å². The Bertz CT molecular complexity index is 1050. The number of ether oxygens (including phenoxy) is 1. The summed E-state index contributed by atoms with van der Waals surface area (Å²) in [6, 6.07) is 9.34. The minimum atomic E-state index is -0.419. The van der Waals surface area contributed by atoms with E-state index in [1.165, 1.54) is 11.1 Å². The van der Waals surface area contributed by atoms with Crippen LogP contribution in [0.5, 0.6) is 5.75 Å². The molecule has 3 N–H and O–H groups in total. The van der Waals surface area contributed by atoms with Crippen LogP contribution in [-0.4, -0.2) is 39.8 Å². The molecular formula is C24H29N5O3. The van der Waals surface area contributed by atoms with E-state index in [1.54, 1.807) is 12.3 Å². The summed E-state index contributed by atoms with van der Waals surface area (Å²) in [5, 5.41) is 3.08. The zero-order valence-electron chi connectivity index (χ0n) is 18.5. The molecule has 32 heavy (non-hydrogen) atoms. The van der Waals surface area contributed by atoms with Crippen LogP contribution in [-0.2, 0) is 11.3 Å². The van der Waals surface area contributed by atoms with Crippen LogP contribution in [0.4, 0.5) is 0 Å². The number of nitrogens with two attached hydrogens (primary N) is 1. The Hall–Kier alpha value is -3.42. The number of benzene rings is 1. The number of pyridine rings is 1. The molecule has 0 fully saturated rings. The zero-order chi connectivity index (χ0) is 22.7. The molecule has 4 rings (SSSR count). The quantitative estimate of drug-likeness (QED) is 0.725. The second kappa shape index (κ2) is 8.98. The average molecular weight is 436 g/mol. The number of hydrogen-bond donors (Lipinski definition) is 2. The van der Waals surface area contributed by atoms with E-state index < -0.39 is 5.54 Å². The molecule has 1 aromatic heterocycles. The molecule has 0 saturated carbocycles. The predicted molar refractivity (Wildman–Crippen MR) is 121 cm³/mol. The Morgan fingerprint density at radius 3 is 2.81 bits per heavy atom. The summed E-state index contributed by atoms with van der Waals surface area (Å²) < 4.78 is 5.67. The molecular weight excluding hydrogens is 406 g/mol. The molecule has 0 radical (unpaired) electrons. The summed E-state index contributed by atoms with van der Waals surface area (Å²) in [7, 11) is 0. The maximum Gasteiger partial charge on any atom is 0.253 e. The van der Waals surface area contributed by atoms with Gasteiger partial charge in [-0.15, -0.1) is 0 Å². The van der Waals surface area contributed by atoms with Crippen LogP contribution in [0.3, 0.4) is 0 Å². The van der Waals surface area contributed by atoms with Crippen molar-refractivity contribution >= 4 is 17.8 Å². The third-order valence-electron chi connectivity index (χ3n) is 6.39. The number of rotatable bonds is 6. The smallest absolute Gasteiger partial charge is 0.253 e. The largest absolute Gasteiger partial charge is 0.493 e. The Morgan fingerprint density at radius 1 is 1.28 bits per heavy atom. The van der Waals surface area contributed by atoms with Crippen LogP contribution >= 0.6 is 0 Å². The van der Waals surface area contributed by atoms with Gasteiger partial charge >= 0.3 is 0 Å². The topological polar surface area (TPSA) is 110 Å². The summed E-state index contributed by atoms with van der Waals surface area (Å²) in [5.41, 5.74) is 7.86. The van der Waals surface area contributed by atoms with Crippen LogP contribution in [0.2, 0.25) is 0 Å². The second-order valence-corrected chi connectivity index (χ2v) is 8.34. The van der Waals surface area contributed by atoms with Gasteiger partial charge in [0.15, 0.2) is 5.96 Å². The van der Waals surface area contributed by atoms with Crippen molar-refractivity contribution in [1.29, 1.82) is 0 Å². The summed E-state index contributed by atoms with van der Waals surface area (Å²) in [6.45, 7) is 4.82. The summed E-state index contributed by atoms with van der Waals surface area (Å²) in [4.78, 5) is 36.0. The van der Waals surface area contributed by atoms with Gasteiger partial charge in [-0.25, -0.2) is 4.99 Å². The molecule has 2 aromatic rings.